The van der Waals surface area contributed by atoms with Crippen molar-refractivity contribution in [2.45, 2.75) is 46.1 Å². The standard InChI is InChI=1S/C14H24N2O2/c1-10-13(11(2)16(5)15-10)17-7-6-12-8-14(3,4)18-9-12/h12H,6-9H2,1-5H3. The predicted molar refractivity (Wildman–Crippen MR) is 70.9 cm³/mol. The van der Waals surface area contributed by atoms with Crippen molar-refractivity contribution in [1.82, 2.24) is 9.78 Å². The Kier molecular flexibility index (Phi) is 3.66. The summed E-state index contributed by atoms with van der Waals surface area (Å²) in [5, 5.41) is 4.35. The third-order valence-corrected chi connectivity index (χ3v) is 3.71. The maximum Gasteiger partial charge on any atom is 0.162 e. The van der Waals surface area contributed by atoms with E-state index in [-0.39, 0.29) is 5.60 Å². The second-order valence-corrected chi connectivity index (χ2v) is 5.90. The molecule has 0 radical (unpaired) electrons. The molecule has 0 saturated carbocycles. The molecule has 0 spiro atoms. The Morgan fingerprint density at radius 3 is 2.67 bits per heavy atom. The predicted octanol–water partition coefficient (Wildman–Crippen LogP) is 2.62. The summed E-state index contributed by atoms with van der Waals surface area (Å²) in [4.78, 5) is 0. The first-order valence-corrected chi connectivity index (χ1v) is 6.66. The van der Waals surface area contributed by atoms with Crippen LogP contribution in [0.2, 0.25) is 0 Å². The smallest absolute Gasteiger partial charge is 0.162 e. The van der Waals surface area contributed by atoms with Crippen LogP contribution in [-0.4, -0.2) is 28.6 Å². The summed E-state index contributed by atoms with van der Waals surface area (Å²) < 4.78 is 13.5. The Morgan fingerprint density at radius 1 is 1.44 bits per heavy atom. The molecule has 4 heteroatoms. The van der Waals surface area contributed by atoms with Crippen molar-refractivity contribution in [3.8, 4) is 5.75 Å². The summed E-state index contributed by atoms with van der Waals surface area (Å²) >= 11 is 0. The molecule has 1 fully saturated rings. The van der Waals surface area contributed by atoms with Crippen LogP contribution in [0.25, 0.3) is 0 Å². The van der Waals surface area contributed by atoms with Gasteiger partial charge < -0.3 is 9.47 Å². The largest absolute Gasteiger partial charge is 0.490 e. The molecular formula is C14H24N2O2. The van der Waals surface area contributed by atoms with Gasteiger partial charge >= 0.3 is 0 Å². The zero-order valence-corrected chi connectivity index (χ0v) is 12.1. The van der Waals surface area contributed by atoms with Gasteiger partial charge in [-0.25, -0.2) is 0 Å². The van der Waals surface area contributed by atoms with Crippen molar-refractivity contribution in [3.05, 3.63) is 11.4 Å². The molecular weight excluding hydrogens is 228 g/mol. The summed E-state index contributed by atoms with van der Waals surface area (Å²) in [6.07, 6.45) is 2.18. The molecule has 1 unspecified atom stereocenters. The lowest BCUT2D eigenvalue weighted by Crippen LogP contribution is -2.17. The minimum atomic E-state index is 0.0464. The maximum atomic E-state index is 5.88. The van der Waals surface area contributed by atoms with Crippen LogP contribution in [-0.2, 0) is 11.8 Å². The minimum absolute atomic E-state index is 0.0464. The van der Waals surface area contributed by atoms with Crippen molar-refractivity contribution >= 4 is 0 Å². The van der Waals surface area contributed by atoms with Gasteiger partial charge in [-0.15, -0.1) is 0 Å². The normalized spacial score (nSPS) is 22.4. The molecule has 0 amide bonds. The molecule has 0 aromatic carbocycles. The zero-order chi connectivity index (χ0) is 13.3. The number of hydrogen-bond acceptors (Lipinski definition) is 3. The van der Waals surface area contributed by atoms with Crippen molar-refractivity contribution in [3.63, 3.8) is 0 Å². The fourth-order valence-corrected chi connectivity index (χ4v) is 2.63. The van der Waals surface area contributed by atoms with Crippen LogP contribution in [0.4, 0.5) is 0 Å². The van der Waals surface area contributed by atoms with Crippen LogP contribution >= 0.6 is 0 Å². The van der Waals surface area contributed by atoms with Crippen LogP contribution in [0.5, 0.6) is 5.75 Å². The van der Waals surface area contributed by atoms with Gasteiger partial charge in [-0.05, 0) is 46.5 Å². The van der Waals surface area contributed by atoms with Gasteiger partial charge in [-0.1, -0.05) is 0 Å². The fourth-order valence-electron chi connectivity index (χ4n) is 2.63. The van der Waals surface area contributed by atoms with E-state index in [2.05, 4.69) is 18.9 Å². The molecule has 1 saturated heterocycles. The Balaban J connectivity index is 1.82. The summed E-state index contributed by atoms with van der Waals surface area (Å²) in [7, 11) is 1.95. The van der Waals surface area contributed by atoms with Crippen LogP contribution in [0.15, 0.2) is 0 Å². The summed E-state index contributed by atoms with van der Waals surface area (Å²) in [6.45, 7) is 9.95. The van der Waals surface area contributed by atoms with Crippen LogP contribution in [0.3, 0.4) is 0 Å². The van der Waals surface area contributed by atoms with Crippen molar-refractivity contribution in [2.24, 2.45) is 13.0 Å². The molecule has 1 aromatic heterocycles. The molecule has 0 bridgehead atoms. The second kappa shape index (κ2) is 4.92. The number of aryl methyl sites for hydroxylation is 2. The molecule has 4 nitrogen and oxygen atoms in total. The molecule has 1 aromatic rings. The van der Waals surface area contributed by atoms with E-state index in [9.17, 15) is 0 Å². The molecule has 2 rings (SSSR count). The molecule has 102 valence electrons. The Labute approximate surface area is 109 Å². The lowest BCUT2D eigenvalue weighted by molar-refractivity contribution is 0.0346. The van der Waals surface area contributed by atoms with Gasteiger partial charge in [0, 0.05) is 7.05 Å². The number of aromatic nitrogens is 2. The van der Waals surface area contributed by atoms with E-state index >= 15 is 0 Å². The third-order valence-electron chi connectivity index (χ3n) is 3.71. The van der Waals surface area contributed by atoms with E-state index < -0.39 is 0 Å². The van der Waals surface area contributed by atoms with E-state index in [1.165, 1.54) is 0 Å². The number of rotatable bonds is 4. The van der Waals surface area contributed by atoms with Gasteiger partial charge in [0.2, 0.25) is 0 Å². The quantitative estimate of drug-likeness (QED) is 0.826. The molecule has 18 heavy (non-hydrogen) atoms. The molecule has 1 atom stereocenters. The average Bonchev–Trinajstić information content (AvgIpc) is 2.73. The monoisotopic (exact) mass is 252 g/mol. The van der Waals surface area contributed by atoms with Crippen molar-refractivity contribution in [1.29, 1.82) is 0 Å². The summed E-state index contributed by atoms with van der Waals surface area (Å²) in [5.74, 6) is 1.56. The SMILES string of the molecule is Cc1nn(C)c(C)c1OCCC1COC(C)(C)C1. The third kappa shape index (κ3) is 2.86. The Morgan fingerprint density at radius 2 is 2.17 bits per heavy atom. The van der Waals surface area contributed by atoms with Gasteiger partial charge in [0.15, 0.2) is 5.75 Å². The lowest BCUT2D eigenvalue weighted by atomic mass is 9.96. The van der Waals surface area contributed by atoms with E-state index in [1.807, 2.05) is 25.6 Å². The van der Waals surface area contributed by atoms with Gasteiger partial charge in [0.1, 0.15) is 5.69 Å². The van der Waals surface area contributed by atoms with Gasteiger partial charge in [-0.3, -0.25) is 4.68 Å². The molecule has 1 aliphatic heterocycles. The highest BCUT2D eigenvalue weighted by molar-refractivity contribution is 5.31. The van der Waals surface area contributed by atoms with Crippen LogP contribution < -0.4 is 4.74 Å². The molecule has 0 N–H and O–H groups in total. The summed E-state index contributed by atoms with van der Waals surface area (Å²) in [6, 6.07) is 0. The Bertz CT molecular complexity index is 424. The first-order valence-electron chi connectivity index (χ1n) is 6.66. The molecule has 2 heterocycles. The minimum Gasteiger partial charge on any atom is -0.490 e. The first-order chi connectivity index (χ1) is 8.39. The topological polar surface area (TPSA) is 36.3 Å². The molecule has 1 aliphatic rings. The lowest BCUT2D eigenvalue weighted by Gasteiger charge is -2.15. The highest BCUT2D eigenvalue weighted by Gasteiger charge is 2.31. The van der Waals surface area contributed by atoms with E-state index in [4.69, 9.17) is 9.47 Å². The van der Waals surface area contributed by atoms with E-state index in [0.717, 1.165) is 43.2 Å². The van der Waals surface area contributed by atoms with Crippen LogP contribution in [0, 0.1) is 19.8 Å². The van der Waals surface area contributed by atoms with Gasteiger partial charge in [-0.2, -0.15) is 5.10 Å². The van der Waals surface area contributed by atoms with Crippen LogP contribution in [0.1, 0.15) is 38.1 Å². The Hall–Kier alpha value is -1.03. The first kappa shape index (κ1) is 13.4. The van der Waals surface area contributed by atoms with E-state index in [0.29, 0.717) is 5.92 Å². The molecule has 0 aliphatic carbocycles. The van der Waals surface area contributed by atoms with E-state index in [1.54, 1.807) is 0 Å². The number of hydrogen-bond donors (Lipinski definition) is 0. The second-order valence-electron chi connectivity index (χ2n) is 5.90. The fraction of sp³-hybridized carbons (Fsp3) is 0.786. The summed E-state index contributed by atoms with van der Waals surface area (Å²) in [5.41, 5.74) is 2.11. The number of ether oxygens (including phenoxy) is 2. The number of nitrogens with zero attached hydrogens (tertiary/aromatic N) is 2. The van der Waals surface area contributed by atoms with Gasteiger partial charge in [0.25, 0.3) is 0 Å². The maximum absolute atomic E-state index is 5.88. The van der Waals surface area contributed by atoms with Gasteiger partial charge in [0.05, 0.1) is 24.5 Å². The average molecular weight is 252 g/mol. The zero-order valence-electron chi connectivity index (χ0n) is 12.1. The van der Waals surface area contributed by atoms with Crippen molar-refractivity contribution in [2.75, 3.05) is 13.2 Å². The highest BCUT2D eigenvalue weighted by Crippen LogP contribution is 2.31. The van der Waals surface area contributed by atoms with Crippen molar-refractivity contribution < 1.29 is 9.47 Å². The highest BCUT2D eigenvalue weighted by atomic mass is 16.5.